The zero-order valence-corrected chi connectivity index (χ0v) is 10.0. The van der Waals surface area contributed by atoms with Gasteiger partial charge in [-0.3, -0.25) is 0 Å². The molecule has 1 nitrogen and oxygen atoms in total. The third-order valence-electron chi connectivity index (χ3n) is 2.93. The molecule has 0 spiro atoms. The van der Waals surface area contributed by atoms with Crippen molar-refractivity contribution in [3.8, 4) is 11.8 Å². The number of unbranched alkanes of at least 4 members (excludes halogenated alkanes) is 2. The van der Waals surface area contributed by atoms with Gasteiger partial charge in [0, 0.05) is 6.42 Å². The summed E-state index contributed by atoms with van der Waals surface area (Å²) in [6.45, 7) is 8.08. The Morgan fingerprint density at radius 2 is 2.27 bits per heavy atom. The molecule has 84 valence electrons. The molecule has 0 radical (unpaired) electrons. The van der Waals surface area contributed by atoms with Gasteiger partial charge in [-0.25, -0.2) is 0 Å². The smallest absolute Gasteiger partial charge is 0.154 e. The topological polar surface area (TPSA) is 12.5 Å². The van der Waals surface area contributed by atoms with Crippen molar-refractivity contribution in [3.05, 3.63) is 12.7 Å². The molecule has 0 aromatic carbocycles. The third-order valence-corrected chi connectivity index (χ3v) is 2.93. The summed E-state index contributed by atoms with van der Waals surface area (Å²) in [5.41, 5.74) is -0.100. The summed E-state index contributed by atoms with van der Waals surface area (Å²) in [6.07, 6.45) is 8.84. The van der Waals surface area contributed by atoms with E-state index in [4.69, 9.17) is 4.74 Å². The van der Waals surface area contributed by atoms with Gasteiger partial charge in [0.05, 0.1) is 0 Å². The summed E-state index contributed by atoms with van der Waals surface area (Å²) in [6, 6.07) is 0. The Bertz CT molecular complexity index is 258. The van der Waals surface area contributed by atoms with Gasteiger partial charge in [0.2, 0.25) is 0 Å². The maximum atomic E-state index is 5.71. The second kappa shape index (κ2) is 5.98. The van der Waals surface area contributed by atoms with Crippen LogP contribution in [0.4, 0.5) is 0 Å². The van der Waals surface area contributed by atoms with Gasteiger partial charge in [0.15, 0.2) is 5.60 Å². The highest BCUT2D eigenvalue weighted by molar-refractivity contribution is 5.25. The lowest BCUT2D eigenvalue weighted by molar-refractivity contribution is 0.327. The van der Waals surface area contributed by atoms with Gasteiger partial charge in [-0.1, -0.05) is 32.3 Å². The highest BCUT2D eigenvalue weighted by Crippen LogP contribution is 2.41. The molecule has 1 saturated heterocycles. The predicted molar refractivity (Wildman–Crippen MR) is 64.6 cm³/mol. The minimum Gasteiger partial charge on any atom is -0.352 e. The van der Waals surface area contributed by atoms with E-state index in [1.54, 1.807) is 0 Å². The molecule has 0 aliphatic carbocycles. The Hall–Kier alpha value is -0.740. The Labute approximate surface area is 93.9 Å². The monoisotopic (exact) mass is 206 g/mol. The van der Waals surface area contributed by atoms with E-state index in [0.717, 1.165) is 25.7 Å². The van der Waals surface area contributed by atoms with Gasteiger partial charge < -0.3 is 4.74 Å². The van der Waals surface area contributed by atoms with Crippen molar-refractivity contribution in [2.75, 3.05) is 0 Å². The lowest BCUT2D eigenvalue weighted by Crippen LogP contribution is -2.10. The number of epoxide rings is 1. The van der Waals surface area contributed by atoms with Crippen LogP contribution in [-0.2, 0) is 4.74 Å². The van der Waals surface area contributed by atoms with Crippen LogP contribution < -0.4 is 0 Å². The minimum atomic E-state index is -0.100. The molecule has 0 amide bonds. The van der Waals surface area contributed by atoms with Crippen LogP contribution in [-0.4, -0.2) is 11.7 Å². The number of hydrogen-bond acceptors (Lipinski definition) is 1. The maximum absolute atomic E-state index is 5.71. The van der Waals surface area contributed by atoms with Crippen molar-refractivity contribution in [1.82, 2.24) is 0 Å². The number of hydrogen-bond donors (Lipinski definition) is 0. The molecule has 1 aliphatic heterocycles. The van der Waals surface area contributed by atoms with Gasteiger partial charge in [0.1, 0.15) is 6.10 Å². The van der Waals surface area contributed by atoms with Crippen LogP contribution in [0.1, 0.15) is 52.4 Å². The van der Waals surface area contributed by atoms with Crippen molar-refractivity contribution in [3.63, 3.8) is 0 Å². The van der Waals surface area contributed by atoms with Crippen molar-refractivity contribution in [2.45, 2.75) is 64.1 Å². The van der Waals surface area contributed by atoms with Gasteiger partial charge in [-0.15, -0.1) is 12.5 Å². The Morgan fingerprint density at radius 1 is 1.47 bits per heavy atom. The molecule has 15 heavy (non-hydrogen) atoms. The summed E-state index contributed by atoms with van der Waals surface area (Å²) in [5, 5.41) is 0. The average Bonchev–Trinajstić information content (AvgIpc) is 2.96. The van der Waals surface area contributed by atoms with Crippen molar-refractivity contribution in [2.24, 2.45) is 0 Å². The van der Waals surface area contributed by atoms with Crippen LogP contribution in [0.25, 0.3) is 0 Å². The Kier molecular flexibility index (Phi) is 4.91. The largest absolute Gasteiger partial charge is 0.352 e. The molecule has 1 aliphatic rings. The molecule has 0 aromatic heterocycles. The minimum absolute atomic E-state index is 0.100. The highest BCUT2D eigenvalue weighted by atomic mass is 16.6. The molecule has 0 bridgehead atoms. The molecule has 0 aromatic rings. The van der Waals surface area contributed by atoms with Gasteiger partial charge in [0.25, 0.3) is 0 Å². The van der Waals surface area contributed by atoms with Crippen LogP contribution in [0, 0.1) is 11.8 Å². The van der Waals surface area contributed by atoms with E-state index in [-0.39, 0.29) is 5.60 Å². The SMILES string of the molecule is C=CCC[C@H]1O[C@]1(C#CCCCC)CC. The molecule has 1 rings (SSSR count). The predicted octanol–water partition coefficient (Wildman–Crippen LogP) is 3.69. The molecule has 1 fully saturated rings. The lowest BCUT2D eigenvalue weighted by Gasteiger charge is -1.99. The molecule has 0 saturated carbocycles. The second-order valence-electron chi connectivity index (χ2n) is 4.12. The summed E-state index contributed by atoms with van der Waals surface area (Å²) in [4.78, 5) is 0. The first kappa shape index (κ1) is 12.3. The molecule has 2 atom stereocenters. The number of ether oxygens (including phenoxy) is 1. The van der Waals surface area contributed by atoms with Crippen LogP contribution in [0.2, 0.25) is 0 Å². The van der Waals surface area contributed by atoms with E-state index in [0.29, 0.717) is 6.10 Å². The lowest BCUT2D eigenvalue weighted by atomic mass is 9.99. The molecular weight excluding hydrogens is 184 g/mol. The summed E-state index contributed by atoms with van der Waals surface area (Å²) in [5.74, 6) is 6.55. The van der Waals surface area contributed by atoms with E-state index in [9.17, 15) is 0 Å². The van der Waals surface area contributed by atoms with Gasteiger partial charge in [-0.05, 0) is 25.7 Å². The molecule has 1 heteroatoms. The molecule has 0 unspecified atom stereocenters. The van der Waals surface area contributed by atoms with E-state index >= 15 is 0 Å². The quantitative estimate of drug-likeness (QED) is 0.279. The second-order valence-corrected chi connectivity index (χ2v) is 4.12. The molecular formula is C14H22O. The average molecular weight is 206 g/mol. The van der Waals surface area contributed by atoms with Crippen LogP contribution in [0.15, 0.2) is 12.7 Å². The fraction of sp³-hybridized carbons (Fsp3) is 0.714. The first-order valence-corrected chi connectivity index (χ1v) is 6.07. The summed E-state index contributed by atoms with van der Waals surface area (Å²) in [7, 11) is 0. The first-order valence-electron chi connectivity index (χ1n) is 6.07. The number of allylic oxidation sites excluding steroid dienone is 1. The van der Waals surface area contributed by atoms with Crippen molar-refractivity contribution in [1.29, 1.82) is 0 Å². The van der Waals surface area contributed by atoms with E-state index in [2.05, 4.69) is 32.3 Å². The van der Waals surface area contributed by atoms with Crippen LogP contribution >= 0.6 is 0 Å². The summed E-state index contributed by atoms with van der Waals surface area (Å²) < 4.78 is 5.71. The van der Waals surface area contributed by atoms with Gasteiger partial charge in [-0.2, -0.15) is 0 Å². The Balaban J connectivity index is 2.35. The number of rotatable bonds is 6. The first-order chi connectivity index (χ1) is 7.29. The highest BCUT2D eigenvalue weighted by Gasteiger charge is 2.53. The van der Waals surface area contributed by atoms with Crippen molar-refractivity contribution >= 4 is 0 Å². The Morgan fingerprint density at radius 3 is 2.87 bits per heavy atom. The molecule has 0 N–H and O–H groups in total. The van der Waals surface area contributed by atoms with Crippen molar-refractivity contribution < 1.29 is 4.74 Å². The fourth-order valence-corrected chi connectivity index (χ4v) is 1.77. The normalized spacial score (nSPS) is 28.0. The standard InChI is InChI=1S/C14H22O/c1-4-7-9-10-12-14(6-3)13(15-14)11-8-5-2/h5,13H,2,4,6-9,11H2,1,3H3/t13-,14+/m1/s1. The third kappa shape index (κ3) is 3.39. The molecule has 1 heterocycles. The maximum Gasteiger partial charge on any atom is 0.154 e. The summed E-state index contributed by atoms with van der Waals surface area (Å²) >= 11 is 0. The van der Waals surface area contributed by atoms with E-state index in [1.165, 1.54) is 12.8 Å². The van der Waals surface area contributed by atoms with Crippen LogP contribution in [0.5, 0.6) is 0 Å². The zero-order valence-electron chi connectivity index (χ0n) is 10.0. The zero-order chi connectivity index (χ0) is 11.1. The van der Waals surface area contributed by atoms with E-state index in [1.807, 2.05) is 6.08 Å². The van der Waals surface area contributed by atoms with E-state index < -0.39 is 0 Å². The van der Waals surface area contributed by atoms with Crippen LogP contribution in [0.3, 0.4) is 0 Å². The fourth-order valence-electron chi connectivity index (χ4n) is 1.77. The van der Waals surface area contributed by atoms with Gasteiger partial charge >= 0.3 is 0 Å².